The smallest absolute Gasteiger partial charge is 0.191 e. The van der Waals surface area contributed by atoms with Crippen LogP contribution in [0, 0.1) is 13.8 Å². The van der Waals surface area contributed by atoms with Crippen LogP contribution in [0.5, 0.6) is 0 Å². The van der Waals surface area contributed by atoms with Crippen molar-refractivity contribution in [2.75, 3.05) is 20.1 Å². The molecule has 0 bridgehead atoms. The van der Waals surface area contributed by atoms with Crippen LogP contribution in [0.2, 0.25) is 0 Å². The molecule has 0 radical (unpaired) electrons. The van der Waals surface area contributed by atoms with E-state index in [0.717, 1.165) is 37.0 Å². The van der Waals surface area contributed by atoms with E-state index in [1.807, 2.05) is 13.8 Å². The lowest BCUT2D eigenvalue weighted by atomic mass is 10.3. The van der Waals surface area contributed by atoms with Gasteiger partial charge in [0.1, 0.15) is 5.76 Å². The van der Waals surface area contributed by atoms with E-state index >= 15 is 0 Å². The summed E-state index contributed by atoms with van der Waals surface area (Å²) in [7, 11) is 2.13. The zero-order valence-corrected chi connectivity index (χ0v) is 11.0. The Labute approximate surface area is 98.0 Å². The van der Waals surface area contributed by atoms with Crippen LogP contribution in [0.25, 0.3) is 0 Å². The summed E-state index contributed by atoms with van der Waals surface area (Å²) in [5.74, 6) is 1.69. The predicted molar refractivity (Wildman–Crippen MR) is 65.4 cm³/mol. The number of nitrogens with one attached hydrogen (secondary N) is 1. The van der Waals surface area contributed by atoms with E-state index < -0.39 is 0 Å². The molecule has 92 valence electrons. The highest BCUT2D eigenvalue weighted by Gasteiger charge is 2.09. The fraction of sp³-hybridized carbons (Fsp3) is 0.750. The van der Waals surface area contributed by atoms with Gasteiger partial charge in [-0.25, -0.2) is 4.98 Å². The van der Waals surface area contributed by atoms with Crippen molar-refractivity contribution < 1.29 is 4.42 Å². The van der Waals surface area contributed by atoms with E-state index in [1.165, 1.54) is 0 Å². The van der Waals surface area contributed by atoms with Gasteiger partial charge in [0.2, 0.25) is 0 Å². The van der Waals surface area contributed by atoms with Gasteiger partial charge in [-0.3, -0.25) is 0 Å². The summed E-state index contributed by atoms with van der Waals surface area (Å²) in [4.78, 5) is 6.54. The quantitative estimate of drug-likeness (QED) is 0.800. The third-order valence-corrected chi connectivity index (χ3v) is 2.74. The Kier molecular flexibility index (Phi) is 4.96. The van der Waals surface area contributed by atoms with Crippen molar-refractivity contribution in [1.82, 2.24) is 15.2 Å². The molecule has 1 atom stereocenters. The molecule has 16 heavy (non-hydrogen) atoms. The number of likely N-dealkylation sites (N-methyl/N-ethyl adjacent to an activating group) is 1. The molecule has 0 aromatic carbocycles. The van der Waals surface area contributed by atoms with E-state index in [9.17, 15) is 0 Å². The number of nitrogens with zero attached hydrogens (tertiary/aromatic N) is 2. The third kappa shape index (κ3) is 3.94. The molecule has 1 aromatic rings. The second-order valence-electron chi connectivity index (χ2n) is 4.38. The molecule has 0 amide bonds. The van der Waals surface area contributed by atoms with Gasteiger partial charge in [-0.2, -0.15) is 0 Å². The van der Waals surface area contributed by atoms with E-state index in [4.69, 9.17) is 4.42 Å². The monoisotopic (exact) mass is 225 g/mol. The van der Waals surface area contributed by atoms with E-state index in [1.54, 1.807) is 0 Å². The highest BCUT2D eigenvalue weighted by atomic mass is 16.4. The van der Waals surface area contributed by atoms with Gasteiger partial charge in [0.25, 0.3) is 0 Å². The average molecular weight is 225 g/mol. The molecule has 1 rings (SSSR count). The number of rotatable bonds is 6. The summed E-state index contributed by atoms with van der Waals surface area (Å²) in [5, 5.41) is 3.44. The SMILES string of the molecule is CCN(C)CC(C)NCc1oc(C)nc1C. The first-order chi connectivity index (χ1) is 7.52. The van der Waals surface area contributed by atoms with Crippen molar-refractivity contribution in [3.63, 3.8) is 0 Å². The van der Waals surface area contributed by atoms with Crippen LogP contribution in [-0.4, -0.2) is 36.1 Å². The molecule has 0 aliphatic carbocycles. The Balaban J connectivity index is 2.36. The number of hydrogen-bond donors (Lipinski definition) is 1. The summed E-state index contributed by atoms with van der Waals surface area (Å²) in [6.45, 7) is 11.1. The Morgan fingerprint density at radius 2 is 2.12 bits per heavy atom. The van der Waals surface area contributed by atoms with Crippen LogP contribution in [-0.2, 0) is 6.54 Å². The number of oxazole rings is 1. The van der Waals surface area contributed by atoms with Gasteiger partial charge in [0, 0.05) is 19.5 Å². The van der Waals surface area contributed by atoms with E-state index in [0.29, 0.717) is 6.04 Å². The Hall–Kier alpha value is -0.870. The molecule has 1 aromatic heterocycles. The van der Waals surface area contributed by atoms with Crippen LogP contribution in [0.4, 0.5) is 0 Å². The summed E-state index contributed by atoms with van der Waals surface area (Å²) >= 11 is 0. The maximum Gasteiger partial charge on any atom is 0.191 e. The molecule has 1 unspecified atom stereocenters. The van der Waals surface area contributed by atoms with Crippen molar-refractivity contribution >= 4 is 0 Å². The van der Waals surface area contributed by atoms with E-state index in [2.05, 4.69) is 36.1 Å². The van der Waals surface area contributed by atoms with Crippen molar-refractivity contribution in [1.29, 1.82) is 0 Å². The standard InChI is InChI=1S/C12H23N3O/c1-6-15(5)8-9(2)13-7-12-10(3)14-11(4)16-12/h9,13H,6-8H2,1-5H3. The molecule has 0 aliphatic rings. The summed E-state index contributed by atoms with van der Waals surface area (Å²) in [6.07, 6.45) is 0. The van der Waals surface area contributed by atoms with Crippen LogP contribution < -0.4 is 5.32 Å². The van der Waals surface area contributed by atoms with Crippen LogP contribution in [0.1, 0.15) is 31.2 Å². The first kappa shape index (κ1) is 13.2. The van der Waals surface area contributed by atoms with Gasteiger partial charge >= 0.3 is 0 Å². The van der Waals surface area contributed by atoms with E-state index in [-0.39, 0.29) is 0 Å². The highest BCUT2D eigenvalue weighted by molar-refractivity contribution is 5.07. The number of aryl methyl sites for hydroxylation is 2. The highest BCUT2D eigenvalue weighted by Crippen LogP contribution is 2.08. The molecule has 0 fully saturated rings. The van der Waals surface area contributed by atoms with Gasteiger partial charge < -0.3 is 14.6 Å². The minimum absolute atomic E-state index is 0.453. The fourth-order valence-electron chi connectivity index (χ4n) is 1.67. The first-order valence-corrected chi connectivity index (χ1v) is 5.87. The second-order valence-corrected chi connectivity index (χ2v) is 4.38. The van der Waals surface area contributed by atoms with Gasteiger partial charge in [-0.05, 0) is 27.4 Å². The average Bonchev–Trinajstić information content (AvgIpc) is 2.54. The normalized spacial score (nSPS) is 13.4. The lowest BCUT2D eigenvalue weighted by Crippen LogP contribution is -2.36. The summed E-state index contributed by atoms with van der Waals surface area (Å²) in [5.41, 5.74) is 0.987. The third-order valence-electron chi connectivity index (χ3n) is 2.74. The van der Waals surface area contributed by atoms with Crippen molar-refractivity contribution in [3.8, 4) is 0 Å². The molecular weight excluding hydrogens is 202 g/mol. The maximum atomic E-state index is 5.51. The van der Waals surface area contributed by atoms with Crippen LogP contribution in [0.15, 0.2) is 4.42 Å². The molecule has 1 N–H and O–H groups in total. The summed E-state index contributed by atoms with van der Waals surface area (Å²) in [6, 6.07) is 0.453. The van der Waals surface area contributed by atoms with Gasteiger partial charge in [0.05, 0.1) is 12.2 Å². The molecule has 0 saturated carbocycles. The zero-order chi connectivity index (χ0) is 12.1. The fourth-order valence-corrected chi connectivity index (χ4v) is 1.67. The Morgan fingerprint density at radius 1 is 1.44 bits per heavy atom. The molecule has 0 spiro atoms. The topological polar surface area (TPSA) is 41.3 Å². The first-order valence-electron chi connectivity index (χ1n) is 5.87. The number of aromatic nitrogens is 1. The van der Waals surface area contributed by atoms with Crippen LogP contribution >= 0.6 is 0 Å². The minimum atomic E-state index is 0.453. The minimum Gasteiger partial charge on any atom is -0.444 e. The van der Waals surface area contributed by atoms with Crippen molar-refractivity contribution in [2.45, 2.75) is 40.3 Å². The van der Waals surface area contributed by atoms with Crippen molar-refractivity contribution in [2.24, 2.45) is 0 Å². The van der Waals surface area contributed by atoms with Gasteiger partial charge in [-0.1, -0.05) is 6.92 Å². The molecule has 4 heteroatoms. The Bertz CT molecular complexity index is 322. The molecular formula is C12H23N3O. The van der Waals surface area contributed by atoms with Crippen molar-refractivity contribution in [3.05, 3.63) is 17.3 Å². The molecule has 0 saturated heterocycles. The van der Waals surface area contributed by atoms with Crippen LogP contribution in [0.3, 0.4) is 0 Å². The number of hydrogen-bond acceptors (Lipinski definition) is 4. The Morgan fingerprint density at radius 3 is 2.62 bits per heavy atom. The molecule has 4 nitrogen and oxygen atoms in total. The van der Waals surface area contributed by atoms with Gasteiger partial charge in [-0.15, -0.1) is 0 Å². The second kappa shape index (κ2) is 6.01. The largest absolute Gasteiger partial charge is 0.444 e. The maximum absolute atomic E-state index is 5.51. The lowest BCUT2D eigenvalue weighted by molar-refractivity contribution is 0.304. The predicted octanol–water partition coefficient (Wildman–Crippen LogP) is 1.72. The van der Waals surface area contributed by atoms with Gasteiger partial charge in [0.15, 0.2) is 5.89 Å². The lowest BCUT2D eigenvalue weighted by Gasteiger charge is -2.20. The molecule has 1 heterocycles. The summed E-state index contributed by atoms with van der Waals surface area (Å²) < 4.78 is 5.51. The zero-order valence-electron chi connectivity index (χ0n) is 11.0. The molecule has 0 aliphatic heterocycles.